The van der Waals surface area contributed by atoms with Crippen LogP contribution in [0.2, 0.25) is 0 Å². The van der Waals surface area contributed by atoms with Gasteiger partial charge in [-0.25, -0.2) is 4.39 Å². The Morgan fingerprint density at radius 2 is 1.94 bits per heavy atom. The molecule has 0 atom stereocenters. The molecule has 0 aromatic heterocycles. The first-order chi connectivity index (χ1) is 8.21. The third kappa shape index (κ3) is 1.63. The van der Waals surface area contributed by atoms with Crippen LogP contribution in [0.5, 0.6) is 0 Å². The number of carbonyl (C=O) groups excluding carboxylic acids is 1. The lowest BCUT2D eigenvalue weighted by Crippen LogP contribution is -2.33. The van der Waals surface area contributed by atoms with E-state index in [1.165, 1.54) is 6.07 Å². The van der Waals surface area contributed by atoms with Gasteiger partial charge in [0.25, 0.3) is 0 Å². The van der Waals surface area contributed by atoms with Crippen LogP contribution in [0.1, 0.15) is 43.2 Å². The van der Waals surface area contributed by atoms with Crippen molar-refractivity contribution in [3.8, 4) is 0 Å². The fraction of sp³-hybridized carbons (Fsp3) is 0.400. The Balaban J connectivity index is 2.08. The second-order valence-electron chi connectivity index (χ2n) is 5.13. The minimum atomic E-state index is -0.144. The molecule has 0 unspecified atom stereocenters. The van der Waals surface area contributed by atoms with Crippen molar-refractivity contribution < 1.29 is 9.18 Å². The number of carbonyl (C=O) groups is 1. The summed E-state index contributed by atoms with van der Waals surface area (Å²) in [6.45, 7) is 0. The monoisotopic (exact) mass is 230 g/mol. The molecule has 1 fully saturated rings. The Kier molecular flexibility index (Phi) is 2.39. The van der Waals surface area contributed by atoms with E-state index in [-0.39, 0.29) is 11.2 Å². The fourth-order valence-electron chi connectivity index (χ4n) is 3.16. The van der Waals surface area contributed by atoms with Crippen molar-refractivity contribution in [3.05, 3.63) is 41.2 Å². The van der Waals surface area contributed by atoms with Gasteiger partial charge >= 0.3 is 0 Å². The van der Waals surface area contributed by atoms with Crippen LogP contribution in [0.15, 0.2) is 24.3 Å². The first-order valence-corrected chi connectivity index (χ1v) is 6.19. The molecule has 0 saturated heterocycles. The van der Waals surface area contributed by atoms with E-state index in [9.17, 15) is 9.18 Å². The molecule has 2 heteroatoms. The van der Waals surface area contributed by atoms with E-state index >= 15 is 0 Å². The molecule has 0 heterocycles. The molecule has 1 nitrogen and oxygen atoms in total. The summed E-state index contributed by atoms with van der Waals surface area (Å²) in [7, 11) is 0. The third-order valence-electron chi connectivity index (χ3n) is 4.18. The van der Waals surface area contributed by atoms with Crippen LogP contribution in [0.3, 0.4) is 0 Å². The topological polar surface area (TPSA) is 17.1 Å². The van der Waals surface area contributed by atoms with Gasteiger partial charge in [-0.05, 0) is 30.9 Å². The third-order valence-corrected chi connectivity index (χ3v) is 4.18. The number of rotatable bonds is 0. The standard InChI is InChI=1S/C15H15FO/c16-14-5-1-4-13-12(14)3-2-8-15(13)9-6-11(17)7-10-15/h1-5H,6-10H2. The zero-order valence-electron chi connectivity index (χ0n) is 9.71. The molecule has 0 N–H and O–H groups in total. The molecule has 2 aliphatic rings. The van der Waals surface area contributed by atoms with Crippen molar-refractivity contribution in [1.29, 1.82) is 0 Å². The summed E-state index contributed by atoms with van der Waals surface area (Å²) in [6, 6.07) is 5.32. The normalized spacial score (nSPS) is 21.6. The molecular formula is C15H15FO. The van der Waals surface area contributed by atoms with Crippen LogP contribution in [0, 0.1) is 5.82 Å². The van der Waals surface area contributed by atoms with E-state index in [1.807, 2.05) is 12.1 Å². The summed E-state index contributed by atoms with van der Waals surface area (Å²) in [5, 5.41) is 0. The molecule has 0 aliphatic heterocycles. The summed E-state index contributed by atoms with van der Waals surface area (Å²) in [5.41, 5.74) is 1.85. The van der Waals surface area contributed by atoms with Gasteiger partial charge in [0.1, 0.15) is 11.6 Å². The molecule has 1 aromatic rings. The number of hydrogen-bond acceptors (Lipinski definition) is 1. The molecule has 0 bridgehead atoms. The molecule has 1 aromatic carbocycles. The van der Waals surface area contributed by atoms with Gasteiger partial charge in [0, 0.05) is 23.8 Å². The zero-order valence-corrected chi connectivity index (χ0v) is 9.71. The predicted molar refractivity (Wildman–Crippen MR) is 65.2 cm³/mol. The van der Waals surface area contributed by atoms with Crippen LogP contribution in [0.4, 0.5) is 4.39 Å². The van der Waals surface area contributed by atoms with Crippen LogP contribution in [-0.2, 0) is 10.2 Å². The lowest BCUT2D eigenvalue weighted by atomic mass is 9.64. The summed E-state index contributed by atoms with van der Waals surface area (Å²) >= 11 is 0. The summed E-state index contributed by atoms with van der Waals surface area (Å²) in [4.78, 5) is 11.4. The van der Waals surface area contributed by atoms with Crippen molar-refractivity contribution >= 4 is 11.9 Å². The maximum atomic E-state index is 13.8. The number of ketones is 1. The molecule has 2 aliphatic carbocycles. The smallest absolute Gasteiger partial charge is 0.132 e. The van der Waals surface area contributed by atoms with E-state index in [0.29, 0.717) is 18.6 Å². The Bertz CT molecular complexity index is 492. The van der Waals surface area contributed by atoms with Crippen molar-refractivity contribution in [2.24, 2.45) is 0 Å². The SMILES string of the molecule is O=C1CCC2(CC=Cc3c(F)cccc32)CC1. The van der Waals surface area contributed by atoms with Crippen LogP contribution in [-0.4, -0.2) is 5.78 Å². The number of fused-ring (bicyclic) bond motifs is 2. The Labute approximate surface area is 100 Å². The average Bonchev–Trinajstić information content (AvgIpc) is 2.35. The van der Waals surface area contributed by atoms with Gasteiger partial charge in [0.2, 0.25) is 0 Å². The van der Waals surface area contributed by atoms with Gasteiger partial charge in [0.05, 0.1) is 0 Å². The average molecular weight is 230 g/mol. The van der Waals surface area contributed by atoms with E-state index in [1.54, 1.807) is 6.07 Å². The van der Waals surface area contributed by atoms with Gasteiger partial charge in [-0.1, -0.05) is 24.3 Å². The predicted octanol–water partition coefficient (Wildman–Crippen LogP) is 3.62. The van der Waals surface area contributed by atoms with Crippen molar-refractivity contribution in [2.45, 2.75) is 37.5 Å². The van der Waals surface area contributed by atoms with Gasteiger partial charge < -0.3 is 0 Å². The zero-order chi connectivity index (χ0) is 11.9. The van der Waals surface area contributed by atoms with Crippen molar-refractivity contribution in [2.75, 3.05) is 0 Å². The quantitative estimate of drug-likeness (QED) is 0.665. The first-order valence-electron chi connectivity index (χ1n) is 6.19. The maximum Gasteiger partial charge on any atom is 0.132 e. The molecule has 0 radical (unpaired) electrons. The summed E-state index contributed by atoms with van der Waals surface area (Å²) in [5.74, 6) is 0.206. The highest BCUT2D eigenvalue weighted by atomic mass is 19.1. The van der Waals surface area contributed by atoms with Crippen LogP contribution < -0.4 is 0 Å². The molecule has 0 amide bonds. The molecule has 3 rings (SSSR count). The lowest BCUT2D eigenvalue weighted by molar-refractivity contribution is -0.121. The van der Waals surface area contributed by atoms with Crippen molar-refractivity contribution in [1.82, 2.24) is 0 Å². The van der Waals surface area contributed by atoms with E-state index < -0.39 is 0 Å². The highest BCUT2D eigenvalue weighted by Gasteiger charge is 2.38. The molecule has 17 heavy (non-hydrogen) atoms. The van der Waals surface area contributed by atoms with Gasteiger partial charge in [-0.15, -0.1) is 0 Å². The summed E-state index contributed by atoms with van der Waals surface area (Å²) < 4.78 is 13.8. The second kappa shape index (κ2) is 3.80. The Hall–Kier alpha value is -1.44. The first kappa shape index (κ1) is 10.7. The second-order valence-corrected chi connectivity index (χ2v) is 5.13. The fourth-order valence-corrected chi connectivity index (χ4v) is 3.16. The number of hydrogen-bond donors (Lipinski definition) is 0. The lowest BCUT2D eigenvalue weighted by Gasteiger charge is -2.39. The molecule has 1 saturated carbocycles. The van der Waals surface area contributed by atoms with Crippen LogP contribution >= 0.6 is 0 Å². The van der Waals surface area contributed by atoms with Gasteiger partial charge in [-0.2, -0.15) is 0 Å². The highest BCUT2D eigenvalue weighted by molar-refractivity contribution is 5.80. The number of halogens is 1. The Morgan fingerprint density at radius 1 is 1.18 bits per heavy atom. The van der Waals surface area contributed by atoms with E-state index in [4.69, 9.17) is 0 Å². The maximum absolute atomic E-state index is 13.8. The number of Topliss-reactive ketones (excluding diaryl/α,β-unsaturated/α-hetero) is 1. The van der Waals surface area contributed by atoms with Gasteiger partial charge in [0.15, 0.2) is 0 Å². The Morgan fingerprint density at radius 3 is 2.71 bits per heavy atom. The molecular weight excluding hydrogens is 215 g/mol. The van der Waals surface area contributed by atoms with E-state index in [0.717, 1.165) is 30.4 Å². The molecule has 1 spiro atoms. The largest absolute Gasteiger partial charge is 0.300 e. The van der Waals surface area contributed by atoms with Crippen LogP contribution in [0.25, 0.3) is 6.08 Å². The number of allylic oxidation sites excluding steroid dienone is 1. The number of benzene rings is 1. The molecule has 88 valence electrons. The minimum absolute atomic E-state index is 0.0140. The minimum Gasteiger partial charge on any atom is -0.300 e. The van der Waals surface area contributed by atoms with Crippen molar-refractivity contribution in [3.63, 3.8) is 0 Å². The summed E-state index contributed by atoms with van der Waals surface area (Å²) in [6.07, 6.45) is 7.90. The van der Waals surface area contributed by atoms with E-state index in [2.05, 4.69) is 6.08 Å². The van der Waals surface area contributed by atoms with Gasteiger partial charge in [-0.3, -0.25) is 4.79 Å². The highest BCUT2D eigenvalue weighted by Crippen LogP contribution is 2.45.